The Kier molecular flexibility index (Phi) is 5.56. The zero-order valence-electron chi connectivity index (χ0n) is 12.7. The average Bonchev–Trinajstić information content (AvgIpc) is 2.45. The molecule has 0 unspecified atom stereocenters. The molecule has 1 amide bonds. The first-order valence-corrected chi connectivity index (χ1v) is 9.53. The quantitative estimate of drug-likeness (QED) is 0.902. The number of sulfone groups is 1. The minimum atomic E-state index is -3.05. The van der Waals surface area contributed by atoms with Crippen LogP contribution in [0, 0.1) is 5.82 Å². The lowest BCUT2D eigenvalue weighted by Crippen LogP contribution is -2.41. The van der Waals surface area contributed by atoms with E-state index in [2.05, 4.69) is 5.32 Å². The molecule has 4 nitrogen and oxygen atoms in total. The van der Waals surface area contributed by atoms with E-state index in [9.17, 15) is 17.6 Å². The van der Waals surface area contributed by atoms with Gasteiger partial charge in [-0.2, -0.15) is 0 Å². The molecule has 1 saturated carbocycles. The van der Waals surface area contributed by atoms with Crippen LogP contribution >= 0.6 is 0 Å². The molecular formula is C16H22FNO3S. The predicted molar refractivity (Wildman–Crippen MR) is 83.8 cm³/mol. The van der Waals surface area contributed by atoms with Gasteiger partial charge in [0.05, 0.1) is 5.25 Å². The number of nitrogens with one attached hydrogen (secondary N) is 1. The first kappa shape index (κ1) is 16.9. The van der Waals surface area contributed by atoms with Gasteiger partial charge in [-0.3, -0.25) is 4.79 Å². The van der Waals surface area contributed by atoms with Crippen molar-refractivity contribution in [3.8, 4) is 0 Å². The fraction of sp³-hybridized carbons (Fsp3) is 0.562. The van der Waals surface area contributed by atoms with Crippen LogP contribution in [0.4, 0.5) is 4.39 Å². The maximum atomic E-state index is 13.1. The Balaban J connectivity index is 1.82. The van der Waals surface area contributed by atoms with Crippen molar-refractivity contribution in [2.75, 3.05) is 6.26 Å². The summed E-state index contributed by atoms with van der Waals surface area (Å²) in [7, 11) is -3.05. The van der Waals surface area contributed by atoms with E-state index in [0.29, 0.717) is 19.3 Å². The number of carbonyl (C=O) groups is 1. The number of benzene rings is 1. The minimum Gasteiger partial charge on any atom is -0.353 e. The summed E-state index contributed by atoms with van der Waals surface area (Å²) in [6, 6.07) is 6.13. The molecule has 1 aliphatic carbocycles. The molecule has 1 aromatic carbocycles. The first-order chi connectivity index (χ1) is 10.3. The third-order valence-corrected chi connectivity index (χ3v) is 5.77. The third kappa shape index (κ3) is 5.09. The molecule has 122 valence electrons. The summed E-state index contributed by atoms with van der Waals surface area (Å²) in [5, 5.41) is 2.56. The van der Waals surface area contributed by atoms with E-state index in [1.807, 2.05) is 0 Å². The van der Waals surface area contributed by atoms with Gasteiger partial charge < -0.3 is 5.32 Å². The second-order valence-corrected chi connectivity index (χ2v) is 8.34. The highest BCUT2D eigenvalue weighted by Gasteiger charge is 2.29. The highest BCUT2D eigenvalue weighted by molar-refractivity contribution is 7.91. The Morgan fingerprint density at radius 2 is 2.14 bits per heavy atom. The summed E-state index contributed by atoms with van der Waals surface area (Å²) in [5.41, 5.74) is 0.785. The molecule has 1 aromatic rings. The topological polar surface area (TPSA) is 63.2 Å². The molecule has 0 spiro atoms. The number of halogens is 1. The minimum absolute atomic E-state index is 0.0755. The summed E-state index contributed by atoms with van der Waals surface area (Å²) in [6.45, 7) is 0. The molecular weight excluding hydrogens is 305 g/mol. The van der Waals surface area contributed by atoms with Crippen LogP contribution in [-0.4, -0.2) is 31.9 Å². The van der Waals surface area contributed by atoms with E-state index in [4.69, 9.17) is 0 Å². The number of carbonyl (C=O) groups excluding carboxylic acids is 1. The Morgan fingerprint density at radius 1 is 1.36 bits per heavy atom. The Labute approximate surface area is 131 Å². The van der Waals surface area contributed by atoms with Crippen molar-refractivity contribution in [1.82, 2.24) is 5.32 Å². The molecule has 22 heavy (non-hydrogen) atoms. The zero-order chi connectivity index (χ0) is 16.2. The predicted octanol–water partition coefficient (Wildman–Crippen LogP) is 2.23. The number of rotatable bonds is 5. The van der Waals surface area contributed by atoms with Gasteiger partial charge in [0.2, 0.25) is 5.91 Å². The second-order valence-electron chi connectivity index (χ2n) is 6.01. The van der Waals surface area contributed by atoms with Gasteiger partial charge in [-0.1, -0.05) is 18.6 Å². The maximum Gasteiger partial charge on any atom is 0.220 e. The summed E-state index contributed by atoms with van der Waals surface area (Å²) in [6.07, 6.45) is 4.81. The van der Waals surface area contributed by atoms with Crippen molar-refractivity contribution in [3.05, 3.63) is 35.6 Å². The van der Waals surface area contributed by atoms with Gasteiger partial charge in [0, 0.05) is 18.7 Å². The summed E-state index contributed by atoms with van der Waals surface area (Å²) in [4.78, 5) is 12.0. The van der Waals surface area contributed by atoms with Crippen LogP contribution in [0.15, 0.2) is 24.3 Å². The van der Waals surface area contributed by atoms with Gasteiger partial charge in [-0.15, -0.1) is 0 Å². The van der Waals surface area contributed by atoms with Crippen LogP contribution in [0.5, 0.6) is 0 Å². The molecule has 1 fully saturated rings. The van der Waals surface area contributed by atoms with E-state index in [1.54, 1.807) is 12.1 Å². The van der Waals surface area contributed by atoms with Crippen molar-refractivity contribution in [2.24, 2.45) is 0 Å². The number of hydrogen-bond acceptors (Lipinski definition) is 3. The van der Waals surface area contributed by atoms with E-state index in [1.165, 1.54) is 18.4 Å². The van der Waals surface area contributed by atoms with Crippen LogP contribution < -0.4 is 5.32 Å². The smallest absolute Gasteiger partial charge is 0.220 e. The van der Waals surface area contributed by atoms with E-state index in [0.717, 1.165) is 18.4 Å². The van der Waals surface area contributed by atoms with Crippen molar-refractivity contribution >= 4 is 15.7 Å². The fourth-order valence-electron chi connectivity index (χ4n) is 2.92. The van der Waals surface area contributed by atoms with E-state index >= 15 is 0 Å². The van der Waals surface area contributed by atoms with Crippen LogP contribution in [0.1, 0.15) is 37.7 Å². The summed E-state index contributed by atoms with van der Waals surface area (Å²) in [5.74, 6) is -0.412. The molecule has 0 aromatic heterocycles. The molecule has 0 radical (unpaired) electrons. The van der Waals surface area contributed by atoms with Crippen LogP contribution in [0.3, 0.4) is 0 Å². The zero-order valence-corrected chi connectivity index (χ0v) is 13.5. The third-order valence-electron chi connectivity index (χ3n) is 4.13. The van der Waals surface area contributed by atoms with Crippen LogP contribution in [0.2, 0.25) is 0 Å². The largest absolute Gasteiger partial charge is 0.353 e. The average molecular weight is 327 g/mol. The van der Waals surface area contributed by atoms with E-state index in [-0.39, 0.29) is 29.4 Å². The highest BCUT2D eigenvalue weighted by atomic mass is 32.2. The normalized spacial score (nSPS) is 22.3. The molecule has 2 rings (SSSR count). The van der Waals surface area contributed by atoms with Crippen molar-refractivity contribution in [1.29, 1.82) is 0 Å². The number of amides is 1. The first-order valence-electron chi connectivity index (χ1n) is 7.57. The van der Waals surface area contributed by atoms with Gasteiger partial charge in [0.15, 0.2) is 0 Å². The second kappa shape index (κ2) is 7.22. The van der Waals surface area contributed by atoms with Gasteiger partial charge in [0.1, 0.15) is 15.7 Å². The molecule has 2 atom stereocenters. The summed E-state index contributed by atoms with van der Waals surface area (Å²) < 4.78 is 36.3. The van der Waals surface area contributed by atoms with Gasteiger partial charge in [-0.05, 0) is 43.4 Å². The van der Waals surface area contributed by atoms with Crippen molar-refractivity contribution in [3.63, 3.8) is 0 Å². The van der Waals surface area contributed by atoms with Gasteiger partial charge in [-0.25, -0.2) is 12.8 Å². The standard InChI is InChI=1S/C16H22FNO3S/c1-22(20,21)15-7-3-6-14(11-15)18-16(19)9-8-12-4-2-5-13(17)10-12/h2,4-5,10,14-15H,3,6-9,11H2,1H3,(H,18,19)/t14-,15+/m1/s1. The molecule has 0 aliphatic heterocycles. The highest BCUT2D eigenvalue weighted by Crippen LogP contribution is 2.24. The SMILES string of the molecule is CS(=O)(=O)[C@H]1CCC[C@@H](NC(=O)CCc2cccc(F)c2)C1. The van der Waals surface area contributed by atoms with Crippen LogP contribution in [-0.2, 0) is 21.1 Å². The molecule has 1 aliphatic rings. The van der Waals surface area contributed by atoms with Crippen molar-refractivity contribution in [2.45, 2.75) is 49.8 Å². The van der Waals surface area contributed by atoms with Crippen LogP contribution in [0.25, 0.3) is 0 Å². The lowest BCUT2D eigenvalue weighted by atomic mass is 9.94. The number of hydrogen-bond donors (Lipinski definition) is 1. The molecule has 6 heteroatoms. The van der Waals surface area contributed by atoms with E-state index < -0.39 is 9.84 Å². The lowest BCUT2D eigenvalue weighted by Gasteiger charge is -2.28. The fourth-order valence-corrected chi connectivity index (χ4v) is 4.09. The summed E-state index contributed by atoms with van der Waals surface area (Å²) >= 11 is 0. The molecule has 0 bridgehead atoms. The van der Waals surface area contributed by atoms with Gasteiger partial charge in [0.25, 0.3) is 0 Å². The molecule has 1 N–H and O–H groups in total. The number of aryl methyl sites for hydroxylation is 1. The maximum absolute atomic E-state index is 13.1. The monoisotopic (exact) mass is 327 g/mol. The molecule has 0 saturated heterocycles. The Hall–Kier alpha value is -1.43. The van der Waals surface area contributed by atoms with Gasteiger partial charge >= 0.3 is 0 Å². The Bertz CT molecular complexity index is 630. The molecule has 0 heterocycles. The Morgan fingerprint density at radius 3 is 2.82 bits per heavy atom. The van der Waals surface area contributed by atoms with Crippen molar-refractivity contribution < 1.29 is 17.6 Å². The lowest BCUT2D eigenvalue weighted by molar-refractivity contribution is -0.121.